The molecule has 0 saturated heterocycles. The van der Waals surface area contributed by atoms with Crippen LogP contribution in [0.2, 0.25) is 0 Å². The van der Waals surface area contributed by atoms with Gasteiger partial charge in [-0.3, -0.25) is 4.79 Å². The number of nitrogen functional groups attached to an aromatic ring is 2. The van der Waals surface area contributed by atoms with Gasteiger partial charge in [0.15, 0.2) is 0 Å². The number of hydrogen-bond acceptors (Lipinski definition) is 4. The molecule has 0 aliphatic heterocycles. The van der Waals surface area contributed by atoms with Crippen LogP contribution < -0.4 is 17.1 Å². The third-order valence-corrected chi connectivity index (χ3v) is 1.28. The molecule has 0 unspecified atom stereocenters. The van der Waals surface area contributed by atoms with Gasteiger partial charge in [-0.25, -0.2) is 4.68 Å². The van der Waals surface area contributed by atoms with Crippen molar-refractivity contribution < 1.29 is 0 Å². The number of rotatable bonds is 0. The second-order valence-electron chi connectivity index (χ2n) is 1.97. The van der Waals surface area contributed by atoms with E-state index in [2.05, 4.69) is 0 Å². The molecule has 4 N–H and O–H groups in total. The van der Waals surface area contributed by atoms with Gasteiger partial charge in [0.1, 0.15) is 11.8 Å². The quantitative estimate of drug-likeness (QED) is 0.464. The monoisotopic (exact) mass is 150 g/mol. The Morgan fingerprint density at radius 3 is 2.82 bits per heavy atom. The van der Waals surface area contributed by atoms with Crippen molar-refractivity contribution in [3.8, 4) is 6.07 Å². The Hall–Kier alpha value is -1.96. The van der Waals surface area contributed by atoms with Crippen LogP contribution in [0, 0.1) is 11.3 Å². The van der Waals surface area contributed by atoms with Crippen molar-refractivity contribution in [2.24, 2.45) is 0 Å². The highest BCUT2D eigenvalue weighted by Gasteiger charge is 2.02. The van der Waals surface area contributed by atoms with Gasteiger partial charge in [-0.15, -0.1) is 0 Å². The number of hydrogen-bond donors (Lipinski definition) is 2. The van der Waals surface area contributed by atoms with E-state index < -0.39 is 5.56 Å². The van der Waals surface area contributed by atoms with Crippen molar-refractivity contribution in [3.05, 3.63) is 28.2 Å². The Kier molecular flexibility index (Phi) is 1.52. The molecule has 0 radical (unpaired) electrons. The van der Waals surface area contributed by atoms with E-state index in [4.69, 9.17) is 16.8 Å². The molecular formula is C6H6N4O. The van der Waals surface area contributed by atoms with Crippen LogP contribution in [0.3, 0.4) is 0 Å². The van der Waals surface area contributed by atoms with Crippen molar-refractivity contribution in [2.75, 3.05) is 11.6 Å². The van der Waals surface area contributed by atoms with E-state index in [1.807, 2.05) is 0 Å². The number of anilines is 1. The number of aromatic nitrogens is 1. The summed E-state index contributed by atoms with van der Waals surface area (Å²) in [6.45, 7) is 0. The molecule has 0 bridgehead atoms. The maximum atomic E-state index is 10.9. The zero-order chi connectivity index (χ0) is 8.43. The Labute approximate surface area is 62.4 Å². The molecule has 0 aliphatic rings. The predicted octanol–water partition coefficient (Wildman–Crippen LogP) is -0.984. The molecule has 11 heavy (non-hydrogen) atoms. The second-order valence-corrected chi connectivity index (χ2v) is 1.97. The molecular weight excluding hydrogens is 144 g/mol. The maximum absolute atomic E-state index is 10.9. The maximum Gasteiger partial charge on any atom is 0.293 e. The molecule has 0 amide bonds. The Morgan fingerprint density at radius 1 is 1.64 bits per heavy atom. The third kappa shape index (κ3) is 1.01. The lowest BCUT2D eigenvalue weighted by Crippen LogP contribution is -2.28. The van der Waals surface area contributed by atoms with E-state index >= 15 is 0 Å². The summed E-state index contributed by atoms with van der Waals surface area (Å²) >= 11 is 0. The fourth-order valence-corrected chi connectivity index (χ4v) is 0.664. The van der Waals surface area contributed by atoms with E-state index in [0.717, 1.165) is 4.68 Å². The van der Waals surface area contributed by atoms with Gasteiger partial charge in [0.2, 0.25) is 0 Å². The molecule has 0 fully saturated rings. The molecule has 0 saturated carbocycles. The van der Waals surface area contributed by atoms with Crippen LogP contribution in [0.25, 0.3) is 0 Å². The largest absolute Gasteiger partial charge is 0.393 e. The number of nitrogens with two attached hydrogens (primary N) is 2. The van der Waals surface area contributed by atoms with Crippen molar-refractivity contribution in [1.29, 1.82) is 5.26 Å². The first-order valence-corrected chi connectivity index (χ1v) is 2.83. The van der Waals surface area contributed by atoms with Crippen LogP contribution in [-0.4, -0.2) is 4.68 Å². The van der Waals surface area contributed by atoms with Crippen LogP contribution in [0.5, 0.6) is 0 Å². The van der Waals surface area contributed by atoms with Gasteiger partial charge in [-0.05, 0) is 6.07 Å². The standard InChI is InChI=1S/C6H6N4O/c7-3-4-1-2-10(9)6(11)5(4)8/h1-2H,8-9H2. The Balaban J connectivity index is 3.53. The van der Waals surface area contributed by atoms with E-state index in [0.29, 0.717) is 0 Å². The van der Waals surface area contributed by atoms with Crippen LogP contribution in [0.1, 0.15) is 5.56 Å². The third-order valence-electron chi connectivity index (χ3n) is 1.28. The summed E-state index contributed by atoms with van der Waals surface area (Å²) in [5, 5.41) is 8.41. The highest BCUT2D eigenvalue weighted by atomic mass is 16.1. The van der Waals surface area contributed by atoms with Gasteiger partial charge in [0.25, 0.3) is 5.56 Å². The molecule has 0 aliphatic carbocycles. The van der Waals surface area contributed by atoms with E-state index in [1.54, 1.807) is 6.07 Å². The van der Waals surface area contributed by atoms with Crippen LogP contribution in [0.4, 0.5) is 5.69 Å². The van der Waals surface area contributed by atoms with Crippen LogP contribution in [0.15, 0.2) is 17.1 Å². The molecule has 0 aromatic carbocycles. The lowest BCUT2D eigenvalue weighted by atomic mass is 10.2. The van der Waals surface area contributed by atoms with Crippen molar-refractivity contribution in [2.45, 2.75) is 0 Å². The molecule has 1 aromatic rings. The second kappa shape index (κ2) is 2.34. The highest BCUT2D eigenvalue weighted by Crippen LogP contribution is 2.00. The first kappa shape index (κ1) is 7.15. The van der Waals surface area contributed by atoms with Gasteiger partial charge in [0.05, 0.1) is 5.56 Å². The first-order valence-electron chi connectivity index (χ1n) is 2.83. The SMILES string of the molecule is N#Cc1ccn(N)c(=O)c1N. The zero-order valence-corrected chi connectivity index (χ0v) is 5.61. The molecule has 5 heteroatoms. The van der Waals surface area contributed by atoms with Crippen molar-refractivity contribution in [3.63, 3.8) is 0 Å². The minimum absolute atomic E-state index is 0.113. The molecule has 0 spiro atoms. The van der Waals surface area contributed by atoms with E-state index in [1.165, 1.54) is 12.3 Å². The number of nitriles is 1. The topological polar surface area (TPSA) is 97.8 Å². The van der Waals surface area contributed by atoms with Crippen molar-refractivity contribution in [1.82, 2.24) is 4.68 Å². The Morgan fingerprint density at radius 2 is 2.27 bits per heavy atom. The molecule has 56 valence electrons. The minimum atomic E-state index is -0.552. The molecule has 5 nitrogen and oxygen atoms in total. The lowest BCUT2D eigenvalue weighted by molar-refractivity contribution is 0.939. The van der Waals surface area contributed by atoms with Gasteiger partial charge >= 0.3 is 0 Å². The lowest BCUT2D eigenvalue weighted by Gasteiger charge is -1.98. The molecule has 0 atom stereocenters. The van der Waals surface area contributed by atoms with E-state index in [-0.39, 0.29) is 11.3 Å². The average molecular weight is 150 g/mol. The van der Waals surface area contributed by atoms with Gasteiger partial charge in [-0.1, -0.05) is 0 Å². The Bertz CT molecular complexity index is 373. The molecule has 1 aromatic heterocycles. The molecule has 1 heterocycles. The fraction of sp³-hybridized carbons (Fsp3) is 0. The summed E-state index contributed by atoms with van der Waals surface area (Å²) in [5.41, 5.74) is 4.74. The van der Waals surface area contributed by atoms with Crippen molar-refractivity contribution >= 4 is 5.69 Å². The first-order chi connectivity index (χ1) is 5.16. The van der Waals surface area contributed by atoms with Gasteiger partial charge in [0, 0.05) is 6.20 Å². The smallest absolute Gasteiger partial charge is 0.293 e. The van der Waals surface area contributed by atoms with Gasteiger partial charge in [-0.2, -0.15) is 5.26 Å². The average Bonchev–Trinajstić information content (AvgIpc) is 2.01. The summed E-state index contributed by atoms with van der Waals surface area (Å²) < 4.78 is 0.830. The fourth-order valence-electron chi connectivity index (χ4n) is 0.664. The summed E-state index contributed by atoms with van der Waals surface area (Å²) in [5.74, 6) is 5.16. The van der Waals surface area contributed by atoms with Crippen LogP contribution >= 0.6 is 0 Å². The summed E-state index contributed by atoms with van der Waals surface area (Å²) in [6, 6.07) is 3.16. The highest BCUT2D eigenvalue weighted by molar-refractivity contribution is 5.51. The number of nitrogens with zero attached hydrogens (tertiary/aromatic N) is 2. The summed E-state index contributed by atoms with van der Waals surface area (Å²) in [6.07, 6.45) is 1.29. The van der Waals surface area contributed by atoms with Crippen LogP contribution in [-0.2, 0) is 0 Å². The number of pyridine rings is 1. The normalized spacial score (nSPS) is 9.00. The molecule has 1 rings (SSSR count). The summed E-state index contributed by atoms with van der Waals surface area (Å²) in [4.78, 5) is 10.9. The zero-order valence-electron chi connectivity index (χ0n) is 5.61. The van der Waals surface area contributed by atoms with Gasteiger partial charge < -0.3 is 11.6 Å². The summed E-state index contributed by atoms with van der Waals surface area (Å²) in [7, 11) is 0. The van der Waals surface area contributed by atoms with E-state index in [9.17, 15) is 4.79 Å². The minimum Gasteiger partial charge on any atom is -0.393 e. The predicted molar refractivity (Wildman–Crippen MR) is 40.0 cm³/mol.